The molecule has 0 aromatic heterocycles. The van der Waals surface area contributed by atoms with Crippen LogP contribution in [0.5, 0.6) is 0 Å². The van der Waals surface area contributed by atoms with E-state index in [1.165, 1.54) is 231 Å². The van der Waals surface area contributed by atoms with E-state index < -0.39 is 0 Å². The van der Waals surface area contributed by atoms with Gasteiger partial charge in [-0.15, -0.1) is 59.5 Å². The number of rotatable bonds is 54. The van der Waals surface area contributed by atoms with Gasteiger partial charge in [0.25, 0.3) is 0 Å². The largest absolute Gasteiger partial charge is 1.00 e. The molecule has 27 heteroatoms. The fraction of sp³-hybridized carbons (Fsp3) is 0.960. The van der Waals surface area contributed by atoms with Gasteiger partial charge in [-0.3, -0.25) is 14.4 Å². The van der Waals surface area contributed by atoms with Gasteiger partial charge in [0.15, 0.2) is 0 Å². The average Bonchev–Trinajstić information content (AvgIpc) is 3.60. The second-order valence-electron chi connectivity index (χ2n) is 22.5. The van der Waals surface area contributed by atoms with Crippen LogP contribution in [-0.2, 0) is 14.4 Å². The van der Waals surface area contributed by atoms with Crippen LogP contribution in [0, 0.1) is 0 Å². The van der Waals surface area contributed by atoms with Gasteiger partial charge in [-0.2, -0.15) is 0 Å². The van der Waals surface area contributed by atoms with Crippen molar-refractivity contribution in [2.45, 2.75) is 409 Å². The number of carbonyl (C=O) groups excluding carboxylic acids is 3. The summed E-state index contributed by atoms with van der Waals surface area (Å²) in [7, 11) is 0. The van der Waals surface area contributed by atoms with Gasteiger partial charge in [0, 0.05) is 0 Å². The number of hydrogen-bond donors (Lipinski definition) is 0. The van der Waals surface area contributed by atoms with Crippen molar-refractivity contribution in [3.63, 3.8) is 0 Å². The van der Waals surface area contributed by atoms with E-state index in [1.54, 1.807) is 0 Å². The first kappa shape index (κ1) is 184. The Hall–Kier alpha value is 17.4. The Morgan fingerprint density at radius 3 is 0.245 bits per heavy atom. The summed E-state index contributed by atoms with van der Waals surface area (Å²) in [5.74, 6) is 0. The first-order valence-corrected chi connectivity index (χ1v) is 37.2. The van der Waals surface area contributed by atoms with Gasteiger partial charge >= 0.3 is 617 Å². The minimum Gasteiger partial charge on any atom is -0.854 e. The molecule has 0 unspecified atom stereocenters. The summed E-state index contributed by atoms with van der Waals surface area (Å²) in [6.45, 7) is 20.9. The van der Waals surface area contributed by atoms with Crippen LogP contribution in [0.15, 0.2) is 0 Å². The molecule has 0 aliphatic heterocycles. The molecular weight excluding hydrogens is 1600 g/mol. The molecule has 0 atom stereocenters. The third kappa shape index (κ3) is 312. The Morgan fingerprint density at radius 2 is 0.196 bits per heavy atom. The molecule has 0 aromatic rings. The maximum absolute atomic E-state index is 9.96. The molecule has 0 fully saturated rings. The van der Waals surface area contributed by atoms with Gasteiger partial charge in [0.05, 0.1) is 0 Å². The van der Waals surface area contributed by atoms with Crippen LogP contribution in [-0.4, -0.2) is 77.7 Å². The molecule has 0 saturated carbocycles. The van der Waals surface area contributed by atoms with E-state index >= 15 is 0 Å². The summed E-state index contributed by atoms with van der Waals surface area (Å²) in [5, 5.41) is 110. The zero-order valence-corrected chi connectivity index (χ0v) is 111. The van der Waals surface area contributed by atoms with E-state index in [-0.39, 0.29) is 676 Å². The van der Waals surface area contributed by atoms with Crippen molar-refractivity contribution in [3.05, 3.63) is 16.2 Å². The van der Waals surface area contributed by atoms with Gasteiger partial charge in [0.1, 0.15) is 0 Å². The van der Waals surface area contributed by atoms with Crippen molar-refractivity contribution in [2.75, 3.05) is 59.5 Å². The summed E-state index contributed by atoms with van der Waals surface area (Å²) in [4.78, 5) is 24.7. The van der Waals surface area contributed by atoms with Crippen LogP contribution in [0.2, 0.25) is 0 Å². The molecule has 102 heavy (non-hydrogen) atoms. The van der Waals surface area contributed by atoms with E-state index in [1.807, 2.05) is 0 Å². The monoisotopic (exact) mass is 1760 g/mol. The minimum atomic E-state index is 0. The molecule has 0 bridgehead atoms. The quantitative estimate of drug-likeness (QED) is 0.0237. The maximum Gasteiger partial charge on any atom is 1.00 e. The van der Waals surface area contributed by atoms with Crippen LogP contribution >= 0.6 is 0 Å². The minimum absolute atomic E-state index is 0. The molecule has 0 aliphatic rings. The Kier molecular flexibility index (Phi) is 423. The molecule has 552 valence electrons. The van der Waals surface area contributed by atoms with Crippen LogP contribution < -0.4 is 663 Å². The molecule has 0 N–H and O–H groups in total. The number of nitrogens with zero attached hydrogens (tertiary/aromatic N) is 3. The van der Waals surface area contributed by atoms with E-state index in [0.717, 1.165) is 116 Å². The predicted molar refractivity (Wildman–Crippen MR) is 371 cm³/mol. The second-order valence-corrected chi connectivity index (χ2v) is 22.5. The number of hydrogen-bond acceptors (Lipinski definition) is 12. The zero-order chi connectivity index (χ0) is 70.7. The number of unbranched alkanes of at least 4 members (excludes halogenated alkanes) is 45. The van der Waals surface area contributed by atoms with Gasteiger partial charge in [-0.05, 0) is 18.2 Å². The molecule has 0 radical (unpaired) electrons. The molecule has 0 rings (SSSR count). The van der Waals surface area contributed by atoms with Crippen molar-refractivity contribution in [1.82, 2.24) is 0 Å². The third-order valence-corrected chi connectivity index (χ3v) is 13.5. The van der Waals surface area contributed by atoms with E-state index in [9.17, 15) is 46.0 Å². The van der Waals surface area contributed by atoms with Gasteiger partial charge in [0.2, 0.25) is 0 Å². The summed E-state index contributed by atoms with van der Waals surface area (Å²) in [5.41, 5.74) is 0. The molecule has 0 aliphatic carbocycles. The molecule has 0 saturated heterocycles. The third-order valence-electron chi connectivity index (χ3n) is 13.5. The van der Waals surface area contributed by atoms with Gasteiger partial charge < -0.3 is 62.2 Å². The van der Waals surface area contributed by atoms with Crippen LogP contribution in [0.1, 0.15) is 409 Å². The van der Waals surface area contributed by atoms with E-state index in [2.05, 4.69) is 62.3 Å². The molecule has 0 heterocycles. The van der Waals surface area contributed by atoms with Crippen molar-refractivity contribution < 1.29 is 677 Å². The van der Waals surface area contributed by atoms with Gasteiger partial charge in [-0.25, -0.2) is 0 Å². The molecule has 0 spiro atoms. The van der Waals surface area contributed by atoms with Gasteiger partial charge in [-0.1, -0.05) is 409 Å². The van der Waals surface area contributed by atoms with Crippen molar-refractivity contribution in [3.8, 4) is 0 Å². The topological polar surface area (TPSA) is 326 Å². The Bertz CT molecular complexity index is 837. The summed E-state index contributed by atoms with van der Waals surface area (Å²) in [6.07, 6.45) is 66.5. The Morgan fingerprint density at radius 1 is 0.147 bits per heavy atom. The van der Waals surface area contributed by atoms with E-state index in [0.29, 0.717) is 18.2 Å². The normalized spacial score (nSPS) is 8.18. The fourth-order valence-corrected chi connectivity index (χ4v) is 7.94. The molecule has 0 aromatic carbocycles. The molecular formula is C75H153K12N3O12. The zero-order valence-electron chi connectivity index (χ0n) is 73.3. The molecule has 15 nitrogen and oxygen atoms in total. The maximum atomic E-state index is 9.96. The van der Waals surface area contributed by atoms with Crippen molar-refractivity contribution >= 4 is 18.2 Å². The predicted octanol–water partition coefficient (Wildman–Crippen LogP) is -20.9. The molecule has 0 amide bonds. The van der Waals surface area contributed by atoms with Crippen molar-refractivity contribution in [1.29, 1.82) is 0 Å². The average molecular weight is 1760 g/mol. The van der Waals surface area contributed by atoms with Crippen molar-refractivity contribution in [2.24, 2.45) is 0 Å². The van der Waals surface area contributed by atoms with Crippen LogP contribution in [0.3, 0.4) is 0 Å². The summed E-state index contributed by atoms with van der Waals surface area (Å²) >= 11 is 0. The first-order valence-electron chi connectivity index (χ1n) is 37.2. The fourth-order valence-electron chi connectivity index (χ4n) is 7.94. The Labute approximate surface area is 1150 Å². The van der Waals surface area contributed by atoms with Crippen LogP contribution in [0.4, 0.5) is 0 Å². The van der Waals surface area contributed by atoms with E-state index in [4.69, 9.17) is 30.6 Å². The standard InChI is InChI=1S/9C8H17O.3CNO.12K/c9*1-2-3-4-5-6-7-8-9;3*2-1-3;;;;;;;;;;;;/h9*2-8H2,1H3;;;;;;;;;;;;;;;/q12*-1;12*+1. The number of isocyanates is 3. The smallest absolute Gasteiger partial charge is 0.854 e. The summed E-state index contributed by atoms with van der Waals surface area (Å²) in [6, 6.07) is 0. The van der Waals surface area contributed by atoms with Crippen LogP contribution in [0.25, 0.3) is 16.2 Å². The first-order chi connectivity index (χ1) is 44.0. The second kappa shape index (κ2) is 235. The SMILES string of the molecule is CCCCCCCC[O-].CCCCCCCC[O-].CCCCCCCC[O-].CCCCCCCC[O-].CCCCCCCC[O-].CCCCCCCC[O-].CCCCCCCC[O-].CCCCCCCC[O-].CCCCCCCC[O-].[K+].[K+].[K+].[K+].[K+].[K+].[K+].[K+].[K+].[K+].[K+].[K+].[N-]=C=O.[N-]=C=O.[N-]=C=O. The Balaban J connectivity index is -0.0000000296. The summed E-state index contributed by atoms with van der Waals surface area (Å²) < 4.78 is 0.